The molecule has 0 aliphatic heterocycles. The fourth-order valence-electron chi connectivity index (χ4n) is 2.55. The van der Waals surface area contributed by atoms with E-state index in [1.165, 1.54) is 5.56 Å². The number of aliphatic hydroxyl groups is 1. The molecule has 2 rings (SSSR count). The zero-order valence-electron chi connectivity index (χ0n) is 12.1. The highest BCUT2D eigenvalue weighted by molar-refractivity contribution is 5.32. The number of aryl methyl sites for hydroxylation is 1. The molecule has 2 atom stereocenters. The second-order valence-corrected chi connectivity index (χ2v) is 5.05. The zero-order chi connectivity index (χ0) is 14.2. The average molecular weight is 280 g/mol. The third kappa shape index (κ3) is 4.28. The van der Waals surface area contributed by atoms with Crippen molar-refractivity contribution in [3.05, 3.63) is 35.4 Å². The van der Waals surface area contributed by atoms with Crippen molar-refractivity contribution in [1.82, 2.24) is 0 Å². The van der Waals surface area contributed by atoms with Gasteiger partial charge in [0.2, 0.25) is 0 Å². The summed E-state index contributed by atoms with van der Waals surface area (Å²) in [5.41, 5.74) is 2.24. The normalized spacial score (nSPS) is 21.7. The van der Waals surface area contributed by atoms with Gasteiger partial charge in [-0.3, -0.25) is 0 Å². The molecule has 4 heteroatoms. The van der Waals surface area contributed by atoms with Crippen molar-refractivity contribution < 1.29 is 19.3 Å². The summed E-state index contributed by atoms with van der Waals surface area (Å²) in [6, 6.07) is 8.04. The van der Waals surface area contributed by atoms with Gasteiger partial charge in [0.15, 0.2) is 0 Å². The molecule has 20 heavy (non-hydrogen) atoms. The van der Waals surface area contributed by atoms with Gasteiger partial charge < -0.3 is 19.3 Å². The van der Waals surface area contributed by atoms with Crippen molar-refractivity contribution in [2.45, 2.75) is 31.5 Å². The van der Waals surface area contributed by atoms with Crippen LogP contribution in [-0.2, 0) is 20.6 Å². The van der Waals surface area contributed by atoms with Crippen molar-refractivity contribution in [2.75, 3.05) is 33.5 Å². The Kier molecular flexibility index (Phi) is 6.47. The summed E-state index contributed by atoms with van der Waals surface area (Å²) in [6.07, 6.45) is 2.09. The van der Waals surface area contributed by atoms with Crippen molar-refractivity contribution >= 4 is 0 Å². The molecule has 0 bridgehead atoms. The highest BCUT2D eigenvalue weighted by atomic mass is 16.5. The van der Waals surface area contributed by atoms with E-state index < -0.39 is 6.10 Å². The van der Waals surface area contributed by atoms with Crippen LogP contribution in [0.4, 0.5) is 0 Å². The Morgan fingerprint density at radius 1 is 1.15 bits per heavy atom. The van der Waals surface area contributed by atoms with Crippen molar-refractivity contribution in [2.24, 2.45) is 0 Å². The molecule has 2 unspecified atom stereocenters. The fourth-order valence-corrected chi connectivity index (χ4v) is 2.55. The smallest absolute Gasteiger partial charge is 0.105 e. The summed E-state index contributed by atoms with van der Waals surface area (Å²) in [5.74, 6) is 0. The summed E-state index contributed by atoms with van der Waals surface area (Å²) in [5, 5.41) is 10.3. The number of aliphatic hydroxyl groups excluding tert-OH is 1. The second-order valence-electron chi connectivity index (χ2n) is 5.05. The summed E-state index contributed by atoms with van der Waals surface area (Å²) in [6.45, 7) is 2.50. The molecule has 0 saturated carbocycles. The number of fused-ring (bicyclic) bond motifs is 1. The molecule has 1 aliphatic rings. The third-order valence-electron chi connectivity index (χ3n) is 3.62. The highest BCUT2D eigenvalue weighted by Gasteiger charge is 2.27. The van der Waals surface area contributed by atoms with Gasteiger partial charge in [-0.05, 0) is 30.4 Å². The first-order chi connectivity index (χ1) is 9.83. The molecule has 0 radical (unpaired) electrons. The molecule has 0 aromatic heterocycles. The van der Waals surface area contributed by atoms with E-state index in [1.807, 2.05) is 18.2 Å². The maximum atomic E-state index is 10.3. The maximum absolute atomic E-state index is 10.3. The van der Waals surface area contributed by atoms with E-state index in [2.05, 4.69) is 6.07 Å². The molecule has 1 aromatic carbocycles. The number of hydrogen-bond acceptors (Lipinski definition) is 4. The Balaban J connectivity index is 1.67. The molecular weight excluding hydrogens is 256 g/mol. The Bertz CT molecular complexity index is 394. The quantitative estimate of drug-likeness (QED) is 0.741. The van der Waals surface area contributed by atoms with Crippen molar-refractivity contribution in [3.63, 3.8) is 0 Å². The number of benzene rings is 1. The Labute approximate surface area is 120 Å². The predicted molar refractivity (Wildman–Crippen MR) is 76.8 cm³/mol. The van der Waals surface area contributed by atoms with E-state index in [4.69, 9.17) is 14.2 Å². The van der Waals surface area contributed by atoms with E-state index >= 15 is 0 Å². The van der Waals surface area contributed by atoms with Crippen LogP contribution in [0.1, 0.15) is 30.1 Å². The van der Waals surface area contributed by atoms with Crippen LogP contribution in [0.15, 0.2) is 24.3 Å². The summed E-state index contributed by atoms with van der Waals surface area (Å²) >= 11 is 0. The fraction of sp³-hybridized carbons (Fsp3) is 0.625. The second kappa shape index (κ2) is 8.37. The van der Waals surface area contributed by atoms with Gasteiger partial charge in [0.05, 0.1) is 19.3 Å². The van der Waals surface area contributed by atoms with E-state index in [0.717, 1.165) is 31.4 Å². The molecular formula is C16H24O4. The van der Waals surface area contributed by atoms with E-state index in [-0.39, 0.29) is 6.10 Å². The van der Waals surface area contributed by atoms with E-state index in [0.29, 0.717) is 19.8 Å². The lowest BCUT2D eigenvalue weighted by Gasteiger charge is -2.30. The molecule has 112 valence electrons. The lowest BCUT2D eigenvalue weighted by molar-refractivity contribution is -0.0659. The number of rotatable bonds is 8. The molecule has 1 aromatic rings. The maximum Gasteiger partial charge on any atom is 0.105 e. The van der Waals surface area contributed by atoms with Crippen LogP contribution in [-0.4, -0.2) is 44.7 Å². The van der Waals surface area contributed by atoms with Crippen LogP contribution in [0, 0.1) is 0 Å². The number of ether oxygens (including phenoxy) is 3. The van der Waals surface area contributed by atoms with Gasteiger partial charge in [-0.25, -0.2) is 0 Å². The molecule has 1 aliphatic carbocycles. The Morgan fingerprint density at radius 3 is 2.85 bits per heavy atom. The van der Waals surface area contributed by atoms with Gasteiger partial charge in [-0.15, -0.1) is 0 Å². The molecule has 0 heterocycles. The van der Waals surface area contributed by atoms with Gasteiger partial charge in [0.1, 0.15) is 6.10 Å². The largest absolute Gasteiger partial charge is 0.386 e. The zero-order valence-corrected chi connectivity index (χ0v) is 12.1. The van der Waals surface area contributed by atoms with Gasteiger partial charge >= 0.3 is 0 Å². The Hall–Kier alpha value is -0.940. The molecule has 4 nitrogen and oxygen atoms in total. The first kappa shape index (κ1) is 15.4. The number of methoxy groups -OCH3 is 1. The Morgan fingerprint density at radius 2 is 2.00 bits per heavy atom. The molecule has 0 spiro atoms. The topological polar surface area (TPSA) is 47.9 Å². The van der Waals surface area contributed by atoms with E-state index in [9.17, 15) is 5.11 Å². The molecule has 0 amide bonds. The molecule has 0 saturated heterocycles. The number of hydrogen-bond donors (Lipinski definition) is 1. The summed E-state index contributed by atoms with van der Waals surface area (Å²) in [7, 11) is 1.69. The van der Waals surface area contributed by atoms with E-state index in [1.54, 1.807) is 7.11 Å². The first-order valence-corrected chi connectivity index (χ1v) is 7.27. The monoisotopic (exact) mass is 280 g/mol. The lowest BCUT2D eigenvalue weighted by atomic mass is 9.87. The van der Waals surface area contributed by atoms with Crippen LogP contribution in [0.3, 0.4) is 0 Å². The first-order valence-electron chi connectivity index (χ1n) is 7.27. The van der Waals surface area contributed by atoms with Crippen LogP contribution >= 0.6 is 0 Å². The highest BCUT2D eigenvalue weighted by Crippen LogP contribution is 2.31. The van der Waals surface area contributed by atoms with Crippen molar-refractivity contribution in [1.29, 1.82) is 0 Å². The van der Waals surface area contributed by atoms with Gasteiger partial charge in [-0.2, -0.15) is 0 Å². The average Bonchev–Trinajstić information content (AvgIpc) is 2.49. The van der Waals surface area contributed by atoms with Crippen LogP contribution in [0.2, 0.25) is 0 Å². The van der Waals surface area contributed by atoms with Crippen LogP contribution in [0.25, 0.3) is 0 Å². The van der Waals surface area contributed by atoms with Crippen LogP contribution < -0.4 is 0 Å². The summed E-state index contributed by atoms with van der Waals surface area (Å²) in [4.78, 5) is 0. The lowest BCUT2D eigenvalue weighted by Crippen LogP contribution is -2.29. The summed E-state index contributed by atoms with van der Waals surface area (Å²) < 4.78 is 16.1. The minimum Gasteiger partial charge on any atom is -0.386 e. The van der Waals surface area contributed by atoms with Gasteiger partial charge in [-0.1, -0.05) is 24.3 Å². The standard InChI is InChI=1S/C16H24O4/c1-18-9-4-10-19-11-12-20-15-8-7-13-5-2-3-6-14(13)16(15)17/h2-3,5-6,15-17H,4,7-12H2,1H3. The van der Waals surface area contributed by atoms with Crippen LogP contribution in [0.5, 0.6) is 0 Å². The predicted octanol–water partition coefficient (Wildman–Crippen LogP) is 2.10. The van der Waals surface area contributed by atoms with Gasteiger partial charge in [0.25, 0.3) is 0 Å². The molecule has 1 N–H and O–H groups in total. The minimum absolute atomic E-state index is 0.118. The van der Waals surface area contributed by atoms with Gasteiger partial charge in [0, 0.05) is 20.3 Å². The SMILES string of the molecule is COCCCOCCOC1CCc2ccccc2C1O. The van der Waals surface area contributed by atoms with Crippen molar-refractivity contribution in [3.8, 4) is 0 Å². The minimum atomic E-state index is -0.520. The third-order valence-corrected chi connectivity index (χ3v) is 3.62. The molecule has 0 fully saturated rings.